The number of halogens is 3. The molecule has 2 heterocycles. The molecule has 0 spiro atoms. The number of fused-ring (bicyclic) bond motifs is 2. The summed E-state index contributed by atoms with van der Waals surface area (Å²) in [6.07, 6.45) is 1.03. The van der Waals surface area contributed by atoms with Crippen LogP contribution in [-0.4, -0.2) is 36.0 Å². The van der Waals surface area contributed by atoms with Crippen LogP contribution >= 0.6 is 0 Å². The van der Waals surface area contributed by atoms with Crippen molar-refractivity contribution < 1.29 is 22.7 Å². The number of carbonyl (C=O) groups is 1. The molecule has 2 saturated heterocycles. The van der Waals surface area contributed by atoms with Gasteiger partial charge in [0.05, 0.1) is 18.8 Å². The fraction of sp³-hybridized carbons (Fsp3) is 0.381. The molecule has 0 amide bonds. The van der Waals surface area contributed by atoms with E-state index >= 15 is 0 Å². The van der Waals surface area contributed by atoms with Crippen molar-refractivity contribution in [2.75, 3.05) is 13.2 Å². The van der Waals surface area contributed by atoms with Crippen LogP contribution in [0.1, 0.15) is 28.8 Å². The molecule has 6 heteroatoms. The van der Waals surface area contributed by atoms with Gasteiger partial charge < -0.3 is 4.74 Å². The van der Waals surface area contributed by atoms with Crippen molar-refractivity contribution in [3.8, 4) is 0 Å². The van der Waals surface area contributed by atoms with Gasteiger partial charge in [0.1, 0.15) is 5.82 Å². The van der Waals surface area contributed by atoms with Crippen molar-refractivity contribution in [3.05, 3.63) is 71.0 Å². The highest BCUT2D eigenvalue weighted by Gasteiger charge is 2.41. The summed E-state index contributed by atoms with van der Waals surface area (Å²) in [5, 5.41) is 0. The zero-order valence-corrected chi connectivity index (χ0v) is 14.7. The van der Waals surface area contributed by atoms with E-state index in [9.17, 15) is 18.0 Å². The van der Waals surface area contributed by atoms with Crippen molar-refractivity contribution in [3.63, 3.8) is 0 Å². The van der Waals surface area contributed by atoms with E-state index < -0.39 is 29.2 Å². The van der Waals surface area contributed by atoms with Gasteiger partial charge in [0, 0.05) is 30.6 Å². The van der Waals surface area contributed by atoms with Crippen LogP contribution in [0.3, 0.4) is 0 Å². The number of carbonyl (C=O) groups excluding carboxylic acids is 1. The lowest BCUT2D eigenvalue weighted by atomic mass is 9.80. The van der Waals surface area contributed by atoms with Gasteiger partial charge in [-0.25, -0.2) is 13.2 Å². The van der Waals surface area contributed by atoms with Crippen LogP contribution in [0.2, 0.25) is 0 Å². The molecule has 0 saturated carbocycles. The van der Waals surface area contributed by atoms with Gasteiger partial charge in [-0.3, -0.25) is 9.69 Å². The number of rotatable bonds is 4. The quantitative estimate of drug-likeness (QED) is 0.598. The summed E-state index contributed by atoms with van der Waals surface area (Å²) in [6, 6.07) is 11.3. The molecule has 2 fully saturated rings. The molecule has 2 atom stereocenters. The molecule has 142 valence electrons. The molecule has 2 unspecified atom stereocenters. The second-order valence-corrected chi connectivity index (χ2v) is 7.28. The fourth-order valence-electron chi connectivity index (χ4n) is 4.19. The van der Waals surface area contributed by atoms with E-state index in [1.54, 1.807) is 0 Å². The number of piperidine rings is 1. The third kappa shape index (κ3) is 3.64. The topological polar surface area (TPSA) is 29.5 Å². The van der Waals surface area contributed by atoms with Gasteiger partial charge in [0.25, 0.3) is 0 Å². The molecule has 2 bridgehead atoms. The maximum absolute atomic E-state index is 14.0. The lowest BCUT2D eigenvalue weighted by Gasteiger charge is -2.48. The molecule has 2 aliphatic rings. The van der Waals surface area contributed by atoms with E-state index in [2.05, 4.69) is 17.0 Å². The Bertz CT molecular complexity index is 829. The molecule has 27 heavy (non-hydrogen) atoms. The monoisotopic (exact) mass is 375 g/mol. The Kier molecular flexibility index (Phi) is 5.02. The molecular weight excluding hydrogens is 355 g/mol. The normalized spacial score (nSPS) is 25.4. The number of benzene rings is 2. The van der Waals surface area contributed by atoms with Gasteiger partial charge in [0.2, 0.25) is 0 Å². The van der Waals surface area contributed by atoms with Crippen LogP contribution in [0, 0.1) is 23.4 Å². The average molecular weight is 375 g/mol. The predicted octanol–water partition coefficient (Wildman–Crippen LogP) is 3.97. The van der Waals surface area contributed by atoms with Crippen LogP contribution in [0.15, 0.2) is 42.5 Å². The Morgan fingerprint density at radius 2 is 1.59 bits per heavy atom. The first-order valence-electron chi connectivity index (χ1n) is 9.09. The third-order valence-electron chi connectivity index (χ3n) is 5.53. The SMILES string of the molecule is O=C(c1cc(F)c(F)cc1F)C1CC2COCC(C1)N2Cc1ccccc1. The van der Waals surface area contributed by atoms with Crippen LogP contribution < -0.4 is 0 Å². The number of hydrogen-bond donors (Lipinski definition) is 0. The zero-order valence-electron chi connectivity index (χ0n) is 14.7. The Balaban J connectivity index is 1.53. The van der Waals surface area contributed by atoms with Crippen molar-refractivity contribution in [1.82, 2.24) is 4.90 Å². The van der Waals surface area contributed by atoms with E-state index in [0.29, 0.717) is 38.2 Å². The molecule has 0 N–H and O–H groups in total. The summed E-state index contributed by atoms with van der Waals surface area (Å²) in [4.78, 5) is 15.1. The van der Waals surface area contributed by atoms with Crippen LogP contribution in [0.25, 0.3) is 0 Å². The van der Waals surface area contributed by atoms with Crippen molar-refractivity contribution in [2.24, 2.45) is 5.92 Å². The summed E-state index contributed by atoms with van der Waals surface area (Å²) in [5.74, 6) is -4.37. The number of ketones is 1. The van der Waals surface area contributed by atoms with E-state index in [-0.39, 0.29) is 17.6 Å². The number of hydrogen-bond acceptors (Lipinski definition) is 3. The summed E-state index contributed by atoms with van der Waals surface area (Å²) in [7, 11) is 0. The fourth-order valence-corrected chi connectivity index (χ4v) is 4.19. The predicted molar refractivity (Wildman–Crippen MR) is 93.8 cm³/mol. The summed E-state index contributed by atoms with van der Waals surface area (Å²) in [5.41, 5.74) is 0.820. The highest BCUT2D eigenvalue weighted by Crippen LogP contribution is 2.35. The molecular formula is C21H20F3NO2. The standard InChI is InChI=1S/C21H20F3NO2/c22-18-9-20(24)19(23)8-17(18)21(26)14-6-15-11-27-12-16(7-14)25(15)10-13-4-2-1-3-5-13/h1-5,8-9,14-16H,6-7,10-12H2. The van der Waals surface area contributed by atoms with Crippen LogP contribution in [-0.2, 0) is 11.3 Å². The van der Waals surface area contributed by atoms with E-state index in [0.717, 1.165) is 6.54 Å². The molecule has 0 radical (unpaired) electrons. The van der Waals surface area contributed by atoms with Crippen molar-refractivity contribution >= 4 is 5.78 Å². The van der Waals surface area contributed by atoms with Crippen molar-refractivity contribution in [1.29, 1.82) is 0 Å². The van der Waals surface area contributed by atoms with Crippen LogP contribution in [0.5, 0.6) is 0 Å². The summed E-state index contributed by atoms with van der Waals surface area (Å²) >= 11 is 0. The molecule has 2 aromatic carbocycles. The lowest BCUT2D eigenvalue weighted by Crippen LogP contribution is -2.57. The third-order valence-corrected chi connectivity index (χ3v) is 5.53. The molecule has 2 aromatic rings. The molecule has 2 aliphatic heterocycles. The van der Waals surface area contributed by atoms with Gasteiger partial charge in [-0.05, 0) is 24.5 Å². The maximum Gasteiger partial charge on any atom is 0.169 e. The smallest absolute Gasteiger partial charge is 0.169 e. The number of morpholine rings is 1. The maximum atomic E-state index is 14.0. The molecule has 0 aromatic heterocycles. The van der Waals surface area contributed by atoms with Gasteiger partial charge in [0.15, 0.2) is 17.4 Å². The summed E-state index contributed by atoms with van der Waals surface area (Å²) in [6.45, 7) is 1.78. The number of Topliss-reactive ketones (excluding diaryl/α,β-unsaturated/α-hetero) is 1. The number of nitrogens with zero attached hydrogens (tertiary/aromatic N) is 1. The first kappa shape index (κ1) is 18.2. The van der Waals surface area contributed by atoms with Crippen molar-refractivity contribution in [2.45, 2.75) is 31.5 Å². The first-order valence-corrected chi connectivity index (χ1v) is 9.09. The number of ether oxygens (including phenoxy) is 1. The second kappa shape index (κ2) is 7.44. The van der Waals surface area contributed by atoms with E-state index in [4.69, 9.17) is 4.74 Å². The summed E-state index contributed by atoms with van der Waals surface area (Å²) < 4.78 is 46.3. The Morgan fingerprint density at radius 1 is 0.963 bits per heavy atom. The minimum absolute atomic E-state index is 0.0417. The first-order chi connectivity index (χ1) is 13.0. The van der Waals surface area contributed by atoms with E-state index in [1.165, 1.54) is 5.56 Å². The highest BCUT2D eigenvalue weighted by atomic mass is 19.2. The van der Waals surface area contributed by atoms with Gasteiger partial charge in [-0.1, -0.05) is 30.3 Å². The van der Waals surface area contributed by atoms with E-state index in [1.807, 2.05) is 18.2 Å². The second-order valence-electron chi connectivity index (χ2n) is 7.28. The zero-order chi connectivity index (χ0) is 19.0. The minimum Gasteiger partial charge on any atom is -0.378 e. The van der Waals surface area contributed by atoms with Gasteiger partial charge in [-0.2, -0.15) is 0 Å². The highest BCUT2D eigenvalue weighted by molar-refractivity contribution is 5.98. The molecule has 4 rings (SSSR count). The van der Waals surface area contributed by atoms with Gasteiger partial charge in [-0.15, -0.1) is 0 Å². The Morgan fingerprint density at radius 3 is 2.26 bits per heavy atom. The lowest BCUT2D eigenvalue weighted by molar-refractivity contribution is -0.0873. The Labute approximate surface area is 155 Å². The average Bonchev–Trinajstić information content (AvgIpc) is 2.65. The minimum atomic E-state index is -1.29. The largest absolute Gasteiger partial charge is 0.378 e. The molecule has 0 aliphatic carbocycles. The molecule has 3 nitrogen and oxygen atoms in total. The van der Waals surface area contributed by atoms with Crippen LogP contribution in [0.4, 0.5) is 13.2 Å². The Hall–Kier alpha value is -2.18. The van der Waals surface area contributed by atoms with Gasteiger partial charge >= 0.3 is 0 Å².